The lowest BCUT2D eigenvalue weighted by atomic mass is 10.5. The highest BCUT2D eigenvalue weighted by Gasteiger charge is 2.10. The average Bonchev–Trinajstić information content (AvgIpc) is 2.75. The van der Waals surface area contributed by atoms with Crippen molar-refractivity contribution in [3.8, 4) is 0 Å². The van der Waals surface area contributed by atoms with Gasteiger partial charge in [-0.1, -0.05) is 11.3 Å². The molecule has 14 heavy (non-hydrogen) atoms. The third kappa shape index (κ3) is 1.94. The summed E-state index contributed by atoms with van der Waals surface area (Å²) in [4.78, 5) is 10.5. The number of carbonyl (C=O) groups is 1. The number of hydrogen-bond donors (Lipinski definition) is 1. The van der Waals surface area contributed by atoms with Crippen LogP contribution in [-0.4, -0.2) is 21.3 Å². The highest BCUT2D eigenvalue weighted by atomic mass is 32.2. The molecule has 0 aromatic carbocycles. The molecule has 0 bridgehead atoms. The zero-order valence-corrected chi connectivity index (χ0v) is 8.34. The molecule has 0 aliphatic heterocycles. The summed E-state index contributed by atoms with van der Waals surface area (Å²) in [5, 5.41) is 16.5. The van der Waals surface area contributed by atoms with Crippen LogP contribution in [0.25, 0.3) is 0 Å². The van der Waals surface area contributed by atoms with E-state index in [0.29, 0.717) is 5.09 Å². The molecule has 2 aromatic rings. The Labute approximate surface area is 86.8 Å². The van der Waals surface area contributed by atoms with Gasteiger partial charge >= 0.3 is 5.97 Å². The monoisotopic (exact) mass is 228 g/mol. The van der Waals surface area contributed by atoms with Crippen LogP contribution in [0.3, 0.4) is 0 Å². The molecule has 0 aliphatic carbocycles. The molecule has 0 spiro atoms. The van der Waals surface area contributed by atoms with Gasteiger partial charge in [0.25, 0.3) is 0 Å². The molecule has 0 fully saturated rings. The van der Waals surface area contributed by atoms with Crippen molar-refractivity contribution >= 4 is 29.1 Å². The number of aromatic nitrogens is 2. The maximum atomic E-state index is 10.5. The molecule has 0 amide bonds. The summed E-state index contributed by atoms with van der Waals surface area (Å²) in [6, 6.07) is 3.00. The van der Waals surface area contributed by atoms with Crippen LogP contribution in [0.5, 0.6) is 0 Å². The Balaban J connectivity index is 2.14. The molecule has 0 saturated heterocycles. The van der Waals surface area contributed by atoms with Gasteiger partial charge in [-0.3, -0.25) is 0 Å². The lowest BCUT2D eigenvalue weighted by Crippen LogP contribution is -1.91. The van der Waals surface area contributed by atoms with Gasteiger partial charge in [0.15, 0.2) is 9.43 Å². The zero-order valence-electron chi connectivity index (χ0n) is 6.71. The minimum absolute atomic E-state index is 0.0722. The van der Waals surface area contributed by atoms with Crippen molar-refractivity contribution in [1.82, 2.24) is 10.2 Å². The molecule has 0 unspecified atom stereocenters. The van der Waals surface area contributed by atoms with Gasteiger partial charge in [0, 0.05) is 0 Å². The molecule has 0 radical (unpaired) electrons. The standard InChI is InChI=1S/C7H4N2O3S2/c10-6(11)4-1-2-5(12-4)14-7-9-8-3-13-7/h1-3H,(H,10,11). The van der Waals surface area contributed by atoms with Gasteiger partial charge in [-0.25, -0.2) is 4.79 Å². The molecular formula is C7H4N2O3S2. The molecule has 2 aromatic heterocycles. The SMILES string of the molecule is O=C(O)c1ccc(Sc2nncs2)o1. The van der Waals surface area contributed by atoms with Crippen LogP contribution in [0.15, 0.2) is 31.5 Å². The fourth-order valence-corrected chi connectivity index (χ4v) is 2.16. The maximum Gasteiger partial charge on any atom is 0.371 e. The van der Waals surface area contributed by atoms with E-state index in [4.69, 9.17) is 9.52 Å². The zero-order chi connectivity index (χ0) is 9.97. The van der Waals surface area contributed by atoms with E-state index in [0.717, 1.165) is 4.34 Å². The quantitative estimate of drug-likeness (QED) is 0.865. The van der Waals surface area contributed by atoms with Gasteiger partial charge in [-0.15, -0.1) is 10.2 Å². The molecule has 7 heteroatoms. The van der Waals surface area contributed by atoms with E-state index < -0.39 is 5.97 Å². The van der Waals surface area contributed by atoms with Crippen molar-refractivity contribution in [3.05, 3.63) is 23.4 Å². The third-order valence-electron chi connectivity index (χ3n) is 1.32. The highest BCUT2D eigenvalue weighted by Crippen LogP contribution is 2.29. The smallest absolute Gasteiger partial charge is 0.371 e. The van der Waals surface area contributed by atoms with Gasteiger partial charge in [-0.05, 0) is 23.9 Å². The molecule has 72 valence electrons. The Morgan fingerprint density at radius 3 is 3.00 bits per heavy atom. The summed E-state index contributed by atoms with van der Waals surface area (Å²) in [6.07, 6.45) is 0. The van der Waals surface area contributed by atoms with Crippen LogP contribution in [0.2, 0.25) is 0 Å². The fourth-order valence-electron chi connectivity index (χ4n) is 0.783. The first kappa shape index (κ1) is 9.22. The first-order valence-corrected chi connectivity index (χ1v) is 5.22. The minimum Gasteiger partial charge on any atom is -0.475 e. The molecule has 0 saturated carbocycles. The first-order valence-electron chi connectivity index (χ1n) is 3.53. The maximum absolute atomic E-state index is 10.5. The number of aromatic carboxylic acids is 1. The van der Waals surface area contributed by atoms with Crippen LogP contribution in [-0.2, 0) is 0 Å². The number of hydrogen-bond acceptors (Lipinski definition) is 6. The van der Waals surface area contributed by atoms with Crippen molar-refractivity contribution < 1.29 is 14.3 Å². The summed E-state index contributed by atoms with van der Waals surface area (Å²) in [5.41, 5.74) is 1.60. The van der Waals surface area contributed by atoms with Gasteiger partial charge < -0.3 is 9.52 Å². The Morgan fingerprint density at radius 2 is 2.43 bits per heavy atom. The number of rotatable bonds is 3. The van der Waals surface area contributed by atoms with E-state index in [1.807, 2.05) is 0 Å². The minimum atomic E-state index is -1.07. The Bertz CT molecular complexity index is 437. The highest BCUT2D eigenvalue weighted by molar-refractivity contribution is 8.00. The van der Waals surface area contributed by atoms with Crippen LogP contribution < -0.4 is 0 Å². The number of nitrogens with zero attached hydrogens (tertiary/aromatic N) is 2. The topological polar surface area (TPSA) is 76.2 Å². The van der Waals surface area contributed by atoms with E-state index in [9.17, 15) is 4.79 Å². The van der Waals surface area contributed by atoms with Gasteiger partial charge in [0.1, 0.15) is 5.51 Å². The van der Waals surface area contributed by atoms with Crippen LogP contribution in [0, 0.1) is 0 Å². The molecule has 0 aliphatic rings. The summed E-state index contributed by atoms with van der Waals surface area (Å²) in [5.74, 6) is -1.15. The van der Waals surface area contributed by atoms with E-state index in [-0.39, 0.29) is 5.76 Å². The number of carboxylic acid groups (broad SMARTS) is 1. The lowest BCUT2D eigenvalue weighted by molar-refractivity contribution is 0.0656. The summed E-state index contributed by atoms with van der Waals surface area (Å²) in [7, 11) is 0. The average molecular weight is 228 g/mol. The Kier molecular flexibility index (Phi) is 2.51. The number of furan rings is 1. The van der Waals surface area contributed by atoms with Gasteiger partial charge in [0.05, 0.1) is 0 Å². The third-order valence-corrected chi connectivity index (χ3v) is 3.02. The van der Waals surface area contributed by atoms with Crippen LogP contribution >= 0.6 is 23.1 Å². The normalized spacial score (nSPS) is 10.3. The summed E-state index contributed by atoms with van der Waals surface area (Å²) < 4.78 is 5.74. The summed E-state index contributed by atoms with van der Waals surface area (Å²) in [6.45, 7) is 0. The van der Waals surface area contributed by atoms with Crippen molar-refractivity contribution in [2.75, 3.05) is 0 Å². The molecule has 5 nitrogen and oxygen atoms in total. The van der Waals surface area contributed by atoms with Crippen molar-refractivity contribution in [1.29, 1.82) is 0 Å². The molecule has 2 rings (SSSR count). The van der Waals surface area contributed by atoms with Gasteiger partial charge in [-0.2, -0.15) is 0 Å². The fraction of sp³-hybridized carbons (Fsp3) is 0. The largest absolute Gasteiger partial charge is 0.475 e. The lowest BCUT2D eigenvalue weighted by Gasteiger charge is -1.89. The molecule has 1 N–H and O–H groups in total. The second-order valence-corrected chi connectivity index (χ2v) is 4.32. The van der Waals surface area contributed by atoms with Crippen molar-refractivity contribution in [3.63, 3.8) is 0 Å². The first-order chi connectivity index (χ1) is 6.75. The van der Waals surface area contributed by atoms with Crippen molar-refractivity contribution in [2.24, 2.45) is 0 Å². The molecule has 2 heterocycles. The second kappa shape index (κ2) is 3.81. The predicted molar refractivity (Wildman–Crippen MR) is 49.7 cm³/mol. The van der Waals surface area contributed by atoms with Gasteiger partial charge in [0.2, 0.25) is 5.76 Å². The number of carboxylic acids is 1. The second-order valence-electron chi connectivity index (χ2n) is 2.23. The van der Waals surface area contributed by atoms with E-state index in [1.54, 1.807) is 11.6 Å². The molecular weight excluding hydrogens is 224 g/mol. The Morgan fingerprint density at radius 1 is 1.57 bits per heavy atom. The Hall–Kier alpha value is -1.34. The van der Waals surface area contributed by atoms with E-state index >= 15 is 0 Å². The predicted octanol–water partition coefficient (Wildman–Crippen LogP) is 1.98. The van der Waals surface area contributed by atoms with Crippen molar-refractivity contribution in [2.45, 2.75) is 9.43 Å². The van der Waals surface area contributed by atoms with Crippen LogP contribution in [0.1, 0.15) is 10.6 Å². The van der Waals surface area contributed by atoms with E-state index in [1.165, 1.54) is 29.2 Å². The van der Waals surface area contributed by atoms with Crippen LogP contribution in [0.4, 0.5) is 0 Å². The molecule has 0 atom stereocenters. The summed E-state index contributed by atoms with van der Waals surface area (Å²) >= 11 is 2.62. The van der Waals surface area contributed by atoms with E-state index in [2.05, 4.69) is 10.2 Å².